The van der Waals surface area contributed by atoms with Crippen LogP contribution in [0.1, 0.15) is 27.1 Å². The van der Waals surface area contributed by atoms with E-state index < -0.39 is 41.0 Å². The average Bonchev–Trinajstić information content (AvgIpc) is 3.21. The molecule has 1 saturated heterocycles. The summed E-state index contributed by atoms with van der Waals surface area (Å²) >= 11 is 0. The van der Waals surface area contributed by atoms with Crippen LogP contribution < -0.4 is 14.9 Å². The number of non-ortho nitro benzene ring substituents is 1. The number of methoxy groups -OCH3 is 2. The van der Waals surface area contributed by atoms with Crippen LogP contribution in [0.5, 0.6) is 11.5 Å². The number of rotatable bonds is 9. The monoisotopic (exact) mass is 471 g/mol. The van der Waals surface area contributed by atoms with Gasteiger partial charge in [0.25, 0.3) is 11.6 Å². The van der Waals surface area contributed by atoms with Crippen LogP contribution in [0.15, 0.2) is 42.5 Å². The fourth-order valence-corrected chi connectivity index (χ4v) is 3.27. The highest BCUT2D eigenvalue weighted by atomic mass is 16.6. The van der Waals surface area contributed by atoms with Crippen molar-refractivity contribution in [2.75, 3.05) is 27.4 Å². The molecule has 1 N–H and O–H groups in total. The predicted octanol–water partition coefficient (Wildman–Crippen LogP) is 1.53. The summed E-state index contributed by atoms with van der Waals surface area (Å²) in [5.74, 6) is -2.65. The summed E-state index contributed by atoms with van der Waals surface area (Å²) in [6.07, 6.45) is -0.212. The van der Waals surface area contributed by atoms with Gasteiger partial charge in [-0.3, -0.25) is 39.7 Å². The van der Waals surface area contributed by atoms with E-state index in [1.165, 1.54) is 50.6 Å². The molecule has 2 amide bonds. The number of amides is 2. The summed E-state index contributed by atoms with van der Waals surface area (Å²) in [6, 6.07) is 9.51. The van der Waals surface area contributed by atoms with Crippen molar-refractivity contribution in [2.45, 2.75) is 6.42 Å². The van der Waals surface area contributed by atoms with Crippen LogP contribution >= 0.6 is 0 Å². The smallest absolute Gasteiger partial charge is 0.311 e. The van der Waals surface area contributed by atoms with E-state index in [1.54, 1.807) is 0 Å². The first kappa shape index (κ1) is 24.2. The molecular weight excluding hydrogens is 450 g/mol. The lowest BCUT2D eigenvalue weighted by Gasteiger charge is -2.18. The quantitative estimate of drug-likeness (QED) is 0.248. The summed E-state index contributed by atoms with van der Waals surface area (Å²) in [6.45, 7) is -0.773. The highest BCUT2D eigenvalue weighted by molar-refractivity contribution is 5.99. The summed E-state index contributed by atoms with van der Waals surface area (Å²) in [5, 5.41) is 11.8. The van der Waals surface area contributed by atoms with E-state index in [2.05, 4.69) is 5.43 Å². The van der Waals surface area contributed by atoms with Crippen molar-refractivity contribution in [1.29, 1.82) is 0 Å². The number of nitro groups is 1. The van der Waals surface area contributed by atoms with E-state index in [0.717, 1.165) is 11.1 Å². The van der Waals surface area contributed by atoms with Crippen LogP contribution in [0.25, 0.3) is 0 Å². The molecule has 0 spiro atoms. The van der Waals surface area contributed by atoms with E-state index in [4.69, 9.17) is 14.2 Å². The van der Waals surface area contributed by atoms with Gasteiger partial charge in [-0.05, 0) is 18.2 Å². The van der Waals surface area contributed by atoms with Gasteiger partial charge in [0.15, 0.2) is 18.1 Å². The molecule has 0 aromatic heterocycles. The number of ether oxygens (including phenoxy) is 3. The number of Topliss-reactive ketones (excluding diaryl/α,β-unsaturated/α-hetero) is 1. The zero-order chi connectivity index (χ0) is 24.8. The first-order chi connectivity index (χ1) is 16.2. The molecule has 1 heterocycles. The molecule has 1 aliphatic heterocycles. The van der Waals surface area contributed by atoms with Gasteiger partial charge in [0.05, 0.1) is 31.6 Å². The van der Waals surface area contributed by atoms with Crippen molar-refractivity contribution in [3.05, 3.63) is 63.7 Å². The lowest BCUT2D eigenvalue weighted by molar-refractivity contribution is -0.384. The fourth-order valence-electron chi connectivity index (χ4n) is 3.27. The van der Waals surface area contributed by atoms with Crippen molar-refractivity contribution in [2.24, 2.45) is 5.92 Å². The molecule has 2 aromatic carbocycles. The maximum Gasteiger partial charge on any atom is 0.311 e. The minimum absolute atomic E-state index is 0.0216. The van der Waals surface area contributed by atoms with E-state index in [1.807, 2.05) is 0 Å². The number of hydrogen-bond acceptors (Lipinski definition) is 9. The summed E-state index contributed by atoms with van der Waals surface area (Å²) in [7, 11) is 2.88. The molecule has 1 atom stereocenters. The largest absolute Gasteiger partial charge is 0.493 e. The normalized spacial score (nSPS) is 14.9. The van der Waals surface area contributed by atoms with Gasteiger partial charge in [0, 0.05) is 29.7 Å². The van der Waals surface area contributed by atoms with Gasteiger partial charge in [-0.15, -0.1) is 0 Å². The van der Waals surface area contributed by atoms with Crippen molar-refractivity contribution in [3.8, 4) is 11.5 Å². The molecule has 12 nitrogen and oxygen atoms in total. The van der Waals surface area contributed by atoms with Crippen molar-refractivity contribution in [3.63, 3.8) is 0 Å². The number of nitrogens with zero attached hydrogens (tertiary/aromatic N) is 2. The molecule has 34 heavy (non-hydrogen) atoms. The first-order valence-electron chi connectivity index (χ1n) is 10.0. The molecule has 178 valence electrons. The Kier molecular flexibility index (Phi) is 7.41. The number of ketones is 1. The minimum Gasteiger partial charge on any atom is -0.493 e. The second-order valence-corrected chi connectivity index (χ2v) is 7.25. The molecule has 2 aromatic rings. The highest BCUT2D eigenvalue weighted by Gasteiger charge is 2.37. The molecule has 0 saturated carbocycles. The van der Waals surface area contributed by atoms with E-state index in [9.17, 15) is 29.3 Å². The van der Waals surface area contributed by atoms with Gasteiger partial charge in [0.2, 0.25) is 11.7 Å². The summed E-state index contributed by atoms with van der Waals surface area (Å²) in [5.41, 5.74) is 2.40. The molecule has 1 aliphatic rings. The van der Waals surface area contributed by atoms with Crippen LogP contribution in [0.4, 0.5) is 5.69 Å². The zero-order valence-corrected chi connectivity index (χ0v) is 18.3. The Hall–Kier alpha value is -4.48. The van der Waals surface area contributed by atoms with Crippen molar-refractivity contribution in [1.82, 2.24) is 10.4 Å². The van der Waals surface area contributed by atoms with Crippen LogP contribution in [-0.4, -0.2) is 60.9 Å². The molecule has 0 radical (unpaired) electrons. The number of benzene rings is 2. The lowest BCUT2D eigenvalue weighted by Crippen LogP contribution is -2.43. The van der Waals surface area contributed by atoms with Gasteiger partial charge < -0.3 is 14.2 Å². The maximum absolute atomic E-state index is 12.5. The Morgan fingerprint density at radius 1 is 1.09 bits per heavy atom. The van der Waals surface area contributed by atoms with Gasteiger partial charge in [0.1, 0.15) is 0 Å². The topological polar surface area (TPSA) is 154 Å². The summed E-state index contributed by atoms with van der Waals surface area (Å²) < 4.78 is 15.3. The Labute approximate surface area is 193 Å². The highest BCUT2D eigenvalue weighted by Crippen LogP contribution is 2.27. The average molecular weight is 471 g/mol. The fraction of sp³-hybridized carbons (Fsp3) is 0.273. The van der Waals surface area contributed by atoms with E-state index in [-0.39, 0.29) is 29.8 Å². The SMILES string of the molecule is COc1ccc(C(=O)NN2CC(C(=O)OCC(=O)c3cccc([N+](=O)[O-])c3)CC2=O)cc1OC. The Bertz CT molecular complexity index is 1150. The first-order valence-corrected chi connectivity index (χ1v) is 10.0. The van der Waals surface area contributed by atoms with Gasteiger partial charge in [-0.2, -0.15) is 0 Å². The van der Waals surface area contributed by atoms with Gasteiger partial charge >= 0.3 is 5.97 Å². The Balaban J connectivity index is 1.56. The van der Waals surface area contributed by atoms with Gasteiger partial charge in [-0.1, -0.05) is 12.1 Å². The zero-order valence-electron chi connectivity index (χ0n) is 18.3. The van der Waals surface area contributed by atoms with E-state index >= 15 is 0 Å². The molecule has 0 bridgehead atoms. The van der Waals surface area contributed by atoms with Crippen LogP contribution in [0, 0.1) is 16.0 Å². The second kappa shape index (κ2) is 10.4. The number of carbonyl (C=O) groups is 4. The van der Waals surface area contributed by atoms with Crippen molar-refractivity contribution < 1.29 is 38.3 Å². The number of nitro benzene ring substituents is 1. The number of nitrogens with one attached hydrogen (secondary N) is 1. The van der Waals surface area contributed by atoms with Crippen LogP contribution in [0.2, 0.25) is 0 Å². The molecular formula is C22H21N3O9. The lowest BCUT2D eigenvalue weighted by atomic mass is 10.1. The molecule has 0 aliphatic carbocycles. The third kappa shape index (κ3) is 5.46. The molecule has 1 fully saturated rings. The third-order valence-corrected chi connectivity index (χ3v) is 5.07. The van der Waals surface area contributed by atoms with E-state index in [0.29, 0.717) is 11.5 Å². The molecule has 12 heteroatoms. The number of hydrogen-bond donors (Lipinski definition) is 1. The second-order valence-electron chi connectivity index (χ2n) is 7.25. The standard InChI is InChI=1S/C22H21N3O9/c1-32-18-7-6-14(9-19(18)33-2)21(28)23-24-11-15(10-20(24)27)22(29)34-12-17(26)13-4-3-5-16(8-13)25(30)31/h3-9,15H,10-12H2,1-2H3,(H,23,28). The van der Waals surface area contributed by atoms with Gasteiger partial charge in [-0.25, -0.2) is 0 Å². The minimum atomic E-state index is -0.892. The molecule has 3 rings (SSSR count). The third-order valence-electron chi connectivity index (χ3n) is 5.07. The van der Waals surface area contributed by atoms with Crippen LogP contribution in [-0.2, 0) is 14.3 Å². The maximum atomic E-state index is 12.5. The Morgan fingerprint density at radius 2 is 1.82 bits per heavy atom. The molecule has 1 unspecified atom stereocenters. The number of hydrazine groups is 1. The van der Waals surface area contributed by atoms with Crippen LogP contribution in [0.3, 0.4) is 0 Å². The Morgan fingerprint density at radius 3 is 2.50 bits per heavy atom. The predicted molar refractivity (Wildman–Crippen MR) is 115 cm³/mol. The van der Waals surface area contributed by atoms with Crippen molar-refractivity contribution >= 4 is 29.3 Å². The number of carbonyl (C=O) groups excluding carboxylic acids is 4. The number of esters is 1. The summed E-state index contributed by atoms with van der Waals surface area (Å²) in [4.78, 5) is 59.6.